The summed E-state index contributed by atoms with van der Waals surface area (Å²) in [5, 5.41) is 9.10. The molecule has 2 nitrogen and oxygen atoms in total. The van der Waals surface area contributed by atoms with Gasteiger partial charge in [-0.15, -0.1) is 0 Å². The van der Waals surface area contributed by atoms with Crippen molar-refractivity contribution in [3.8, 4) is 5.75 Å². The number of aliphatic hydroxyl groups excluding tert-OH is 1. The van der Waals surface area contributed by atoms with Crippen molar-refractivity contribution in [2.75, 3.05) is 13.2 Å². The smallest absolute Gasteiger partial charge is 0.122 e. The zero-order valence-electron chi connectivity index (χ0n) is 9.71. The average molecular weight is 207 g/mol. The molecule has 0 unspecified atom stereocenters. The van der Waals surface area contributed by atoms with Crippen LogP contribution in [0.25, 0.3) is 0 Å². The van der Waals surface area contributed by atoms with Crippen LogP contribution in [0.2, 0.25) is 0 Å². The van der Waals surface area contributed by atoms with Crippen LogP contribution in [0.5, 0.6) is 5.75 Å². The van der Waals surface area contributed by atoms with Crippen LogP contribution >= 0.6 is 0 Å². The van der Waals surface area contributed by atoms with Gasteiger partial charge < -0.3 is 9.84 Å². The van der Waals surface area contributed by atoms with Gasteiger partial charge in [-0.25, -0.2) is 0 Å². The average Bonchev–Trinajstić information content (AvgIpc) is 2.27. The number of benzene rings is 1. The Hall–Kier alpha value is -1.02. The van der Waals surface area contributed by atoms with E-state index in [1.165, 1.54) is 0 Å². The molecule has 0 heterocycles. The maximum Gasteiger partial charge on any atom is 0.122 e. The van der Waals surface area contributed by atoms with E-state index in [9.17, 15) is 0 Å². The predicted octanol–water partition coefficient (Wildman–Crippen LogP) is 2.72. The van der Waals surface area contributed by atoms with Crippen LogP contribution < -0.4 is 4.74 Å². The van der Waals surface area contributed by atoms with Crippen molar-refractivity contribution in [3.63, 3.8) is 0 Å². The fraction of sp³-hybridized carbons (Fsp3) is 0.462. The summed E-state index contributed by atoms with van der Waals surface area (Å²) in [5.74, 6) is 1.90. The Morgan fingerprint density at radius 1 is 1.40 bits per heavy atom. The van der Waals surface area contributed by atoms with Gasteiger partial charge in [-0.3, -0.25) is 0 Å². The lowest BCUT2D eigenvalue weighted by atomic mass is 9.96. The molecule has 0 aliphatic rings. The number of ether oxygens (including phenoxy) is 1. The van der Waals surface area contributed by atoms with E-state index in [1.54, 1.807) is 0 Å². The molecule has 0 saturated heterocycles. The van der Waals surface area contributed by atoms with Gasteiger partial charge in [0.2, 0.25) is 0 Å². The Kier molecular flexibility index (Phi) is 4.63. The first kappa shape index (κ1) is 12.1. The topological polar surface area (TPSA) is 29.5 Å². The van der Waals surface area contributed by atoms with Gasteiger partial charge in [0, 0.05) is 5.92 Å². The lowest BCUT2D eigenvalue weighted by Crippen LogP contribution is -2.05. The minimum Gasteiger partial charge on any atom is -0.493 e. The van der Waals surface area contributed by atoms with Crippen molar-refractivity contribution in [1.29, 1.82) is 0 Å². The maximum absolute atomic E-state index is 9.10. The number of hydrogen-bond donors (Lipinski definition) is 1. The molecule has 1 aromatic carbocycles. The highest BCUT2D eigenvalue weighted by Gasteiger charge is 2.10. The van der Waals surface area contributed by atoms with Crippen molar-refractivity contribution in [2.45, 2.75) is 27.2 Å². The fourth-order valence-corrected chi connectivity index (χ4v) is 1.53. The SMILES string of the molecule is CCCOc1cccc([C](C)CO)c1C. The Morgan fingerprint density at radius 3 is 2.73 bits per heavy atom. The first-order valence-corrected chi connectivity index (χ1v) is 5.36. The molecule has 1 rings (SSSR count). The molecule has 0 fully saturated rings. The third-order valence-electron chi connectivity index (χ3n) is 2.44. The molecular weight excluding hydrogens is 188 g/mol. The molecule has 1 radical (unpaired) electrons. The van der Waals surface area contributed by atoms with Gasteiger partial charge >= 0.3 is 0 Å². The van der Waals surface area contributed by atoms with E-state index in [4.69, 9.17) is 9.84 Å². The minimum absolute atomic E-state index is 0.0953. The van der Waals surface area contributed by atoms with E-state index < -0.39 is 0 Å². The van der Waals surface area contributed by atoms with Crippen molar-refractivity contribution < 1.29 is 9.84 Å². The van der Waals surface area contributed by atoms with Crippen LogP contribution in [0, 0.1) is 12.8 Å². The summed E-state index contributed by atoms with van der Waals surface area (Å²) in [4.78, 5) is 0. The van der Waals surface area contributed by atoms with E-state index in [-0.39, 0.29) is 6.61 Å². The van der Waals surface area contributed by atoms with Crippen LogP contribution in [0.1, 0.15) is 31.4 Å². The zero-order chi connectivity index (χ0) is 11.3. The lowest BCUT2D eigenvalue weighted by molar-refractivity contribution is 0.310. The summed E-state index contributed by atoms with van der Waals surface area (Å²) in [6.45, 7) is 6.89. The standard InChI is InChI=1S/C13H19O2/c1-4-8-15-13-7-5-6-12(11(13)3)10(2)9-14/h5-7,14H,4,8-9H2,1-3H3. The molecule has 0 atom stereocenters. The van der Waals surface area contributed by atoms with E-state index >= 15 is 0 Å². The summed E-state index contributed by atoms with van der Waals surface area (Å²) in [6.07, 6.45) is 1.01. The van der Waals surface area contributed by atoms with Crippen molar-refractivity contribution in [2.24, 2.45) is 0 Å². The summed E-state index contributed by atoms with van der Waals surface area (Å²) >= 11 is 0. The lowest BCUT2D eigenvalue weighted by Gasteiger charge is -2.15. The third-order valence-corrected chi connectivity index (χ3v) is 2.44. The molecule has 2 heteroatoms. The largest absolute Gasteiger partial charge is 0.493 e. The van der Waals surface area contributed by atoms with Crippen LogP contribution in [0.4, 0.5) is 0 Å². The first-order chi connectivity index (χ1) is 7.20. The molecule has 0 spiro atoms. The Morgan fingerprint density at radius 2 is 2.13 bits per heavy atom. The maximum atomic E-state index is 9.10. The zero-order valence-corrected chi connectivity index (χ0v) is 9.71. The van der Waals surface area contributed by atoms with Gasteiger partial charge in [0.25, 0.3) is 0 Å². The van der Waals surface area contributed by atoms with Gasteiger partial charge in [0.1, 0.15) is 5.75 Å². The summed E-state index contributed by atoms with van der Waals surface area (Å²) in [6, 6.07) is 5.95. The molecule has 83 valence electrons. The van der Waals surface area contributed by atoms with E-state index in [0.717, 1.165) is 35.8 Å². The van der Waals surface area contributed by atoms with Crippen LogP contribution in [-0.2, 0) is 0 Å². The highest BCUT2D eigenvalue weighted by Crippen LogP contribution is 2.26. The second kappa shape index (κ2) is 5.76. The van der Waals surface area contributed by atoms with Crippen LogP contribution in [0.3, 0.4) is 0 Å². The second-order valence-electron chi connectivity index (χ2n) is 3.72. The quantitative estimate of drug-likeness (QED) is 0.804. The van der Waals surface area contributed by atoms with E-state index in [1.807, 2.05) is 32.0 Å². The number of rotatable bonds is 5. The minimum atomic E-state index is 0.0953. The normalized spacial score (nSPS) is 10.7. The Bertz CT molecular complexity index is 307. The first-order valence-electron chi connectivity index (χ1n) is 5.36. The highest BCUT2D eigenvalue weighted by atomic mass is 16.5. The molecule has 1 N–H and O–H groups in total. The number of hydrogen-bond acceptors (Lipinski definition) is 2. The molecule has 0 aromatic heterocycles. The van der Waals surface area contributed by atoms with Crippen molar-refractivity contribution in [3.05, 3.63) is 35.2 Å². The summed E-state index contributed by atoms with van der Waals surface area (Å²) < 4.78 is 5.63. The second-order valence-corrected chi connectivity index (χ2v) is 3.72. The van der Waals surface area contributed by atoms with Crippen molar-refractivity contribution >= 4 is 0 Å². The highest BCUT2D eigenvalue weighted by molar-refractivity contribution is 5.45. The molecule has 0 aliphatic heterocycles. The molecule has 0 amide bonds. The van der Waals surface area contributed by atoms with Gasteiger partial charge in [0.05, 0.1) is 13.2 Å². The van der Waals surface area contributed by atoms with Crippen LogP contribution in [-0.4, -0.2) is 18.3 Å². The molecule has 1 aromatic rings. The summed E-state index contributed by atoms with van der Waals surface area (Å²) in [5.41, 5.74) is 2.20. The van der Waals surface area contributed by atoms with Gasteiger partial charge in [-0.1, -0.05) is 26.0 Å². The molecule has 0 bridgehead atoms. The Balaban J connectivity index is 2.90. The molecule has 15 heavy (non-hydrogen) atoms. The van der Waals surface area contributed by atoms with Gasteiger partial charge in [-0.05, 0) is 30.5 Å². The summed E-state index contributed by atoms with van der Waals surface area (Å²) in [7, 11) is 0. The third kappa shape index (κ3) is 2.96. The van der Waals surface area contributed by atoms with Gasteiger partial charge in [-0.2, -0.15) is 0 Å². The molecular formula is C13H19O2. The monoisotopic (exact) mass is 207 g/mol. The predicted molar refractivity (Wildman–Crippen MR) is 62.1 cm³/mol. The van der Waals surface area contributed by atoms with E-state index in [2.05, 4.69) is 6.92 Å². The van der Waals surface area contributed by atoms with Gasteiger partial charge in [0.15, 0.2) is 0 Å². The fourth-order valence-electron chi connectivity index (χ4n) is 1.53. The van der Waals surface area contributed by atoms with Crippen LogP contribution in [0.15, 0.2) is 18.2 Å². The molecule has 0 saturated carbocycles. The number of aliphatic hydroxyl groups is 1. The van der Waals surface area contributed by atoms with E-state index in [0.29, 0.717) is 0 Å². The molecule has 0 aliphatic carbocycles. The Labute approximate surface area is 91.9 Å². The van der Waals surface area contributed by atoms with Crippen molar-refractivity contribution in [1.82, 2.24) is 0 Å².